The molecule has 0 spiro atoms. The van der Waals surface area contributed by atoms with E-state index in [4.69, 9.17) is 11.6 Å². The highest BCUT2D eigenvalue weighted by Gasteiger charge is 2.35. The van der Waals surface area contributed by atoms with E-state index in [0.717, 1.165) is 11.1 Å². The maximum Gasteiger partial charge on any atom is 0.274 e. The van der Waals surface area contributed by atoms with Gasteiger partial charge in [0.2, 0.25) is 11.8 Å². The number of nitro benzene ring substituents is 1. The van der Waals surface area contributed by atoms with Crippen molar-refractivity contribution in [3.63, 3.8) is 0 Å². The zero-order valence-corrected chi connectivity index (χ0v) is 21.5. The van der Waals surface area contributed by atoms with Gasteiger partial charge in [-0.05, 0) is 47.4 Å². The average Bonchev–Trinajstić information content (AvgIpc) is 3.31. The number of halogens is 1. The molecule has 0 radical (unpaired) electrons. The Labute approximate surface area is 220 Å². The van der Waals surface area contributed by atoms with Crippen LogP contribution < -0.4 is 5.32 Å². The first-order valence-electron chi connectivity index (χ1n) is 11.9. The van der Waals surface area contributed by atoms with Gasteiger partial charge >= 0.3 is 0 Å². The lowest BCUT2D eigenvalue weighted by Gasteiger charge is -2.21. The molecule has 1 heterocycles. The molecule has 190 valence electrons. The second kappa shape index (κ2) is 10.9. The lowest BCUT2D eigenvalue weighted by atomic mass is 9.87. The van der Waals surface area contributed by atoms with Gasteiger partial charge in [-0.1, -0.05) is 61.8 Å². The molecule has 2 amide bonds. The van der Waals surface area contributed by atoms with Crippen molar-refractivity contribution in [2.45, 2.75) is 39.2 Å². The first kappa shape index (κ1) is 26.0. The maximum atomic E-state index is 13.1. The lowest BCUT2D eigenvalue weighted by Crippen LogP contribution is -2.25. The fourth-order valence-corrected chi connectivity index (χ4v) is 4.75. The van der Waals surface area contributed by atoms with E-state index >= 15 is 0 Å². The van der Waals surface area contributed by atoms with Crippen LogP contribution in [0.1, 0.15) is 55.8 Å². The van der Waals surface area contributed by atoms with Gasteiger partial charge < -0.3 is 5.32 Å². The number of hydrogen-bond acceptors (Lipinski definition) is 5. The summed E-state index contributed by atoms with van der Waals surface area (Å²) in [5, 5.41) is 20.9. The Morgan fingerprint density at radius 3 is 2.30 bits per heavy atom. The molecule has 0 fully saturated rings. The summed E-state index contributed by atoms with van der Waals surface area (Å²) in [5.74, 6) is -0.695. The van der Waals surface area contributed by atoms with Gasteiger partial charge in [0.15, 0.2) is 0 Å². The third-order valence-corrected chi connectivity index (χ3v) is 6.64. The third kappa shape index (κ3) is 5.70. The van der Waals surface area contributed by atoms with Crippen LogP contribution in [0, 0.1) is 16.0 Å². The van der Waals surface area contributed by atoms with Crippen molar-refractivity contribution in [1.82, 2.24) is 5.01 Å². The molecular weight excluding hydrogens is 492 g/mol. The molecule has 0 saturated carbocycles. The van der Waals surface area contributed by atoms with Gasteiger partial charge in [0.25, 0.3) is 5.69 Å². The molecule has 3 aromatic rings. The van der Waals surface area contributed by atoms with Gasteiger partial charge in [-0.25, -0.2) is 5.01 Å². The number of rotatable bonds is 7. The number of nitrogens with one attached hydrogen (secondary N) is 1. The van der Waals surface area contributed by atoms with Crippen LogP contribution in [0.25, 0.3) is 0 Å². The van der Waals surface area contributed by atoms with Gasteiger partial charge in [-0.3, -0.25) is 19.7 Å². The number of amides is 2. The van der Waals surface area contributed by atoms with Gasteiger partial charge in [-0.2, -0.15) is 5.10 Å². The first-order chi connectivity index (χ1) is 17.7. The molecule has 0 saturated heterocycles. The van der Waals surface area contributed by atoms with Gasteiger partial charge in [0, 0.05) is 30.1 Å². The molecule has 37 heavy (non-hydrogen) atoms. The SMILES string of the molecule is CC(=O)N1N=C(c2ccc(NC(=O)C(c3ccc(Cl)cc3)C(C)C)cc2)CC1c1ccccc1[N+](=O)[O-]. The minimum atomic E-state index is -0.570. The Hall–Kier alpha value is -4.04. The van der Waals surface area contributed by atoms with Crippen molar-refractivity contribution in [3.05, 3.63) is 105 Å². The number of carbonyl (C=O) groups excluding carboxylic acids is 2. The van der Waals surface area contributed by atoms with E-state index in [1.807, 2.05) is 38.1 Å². The first-order valence-corrected chi connectivity index (χ1v) is 12.3. The number of hydrazone groups is 1. The van der Waals surface area contributed by atoms with Crippen LogP contribution >= 0.6 is 11.6 Å². The summed E-state index contributed by atoms with van der Waals surface area (Å²) in [6.07, 6.45) is 0.335. The lowest BCUT2D eigenvalue weighted by molar-refractivity contribution is -0.385. The van der Waals surface area contributed by atoms with E-state index in [1.54, 1.807) is 42.5 Å². The molecule has 0 bridgehead atoms. The van der Waals surface area contributed by atoms with E-state index < -0.39 is 11.0 Å². The quantitative estimate of drug-likeness (QED) is 0.291. The van der Waals surface area contributed by atoms with Crippen molar-refractivity contribution < 1.29 is 14.5 Å². The summed E-state index contributed by atoms with van der Waals surface area (Å²) in [7, 11) is 0. The topological polar surface area (TPSA) is 105 Å². The molecule has 0 aromatic heterocycles. The monoisotopic (exact) mass is 518 g/mol. The number of hydrogen-bond donors (Lipinski definition) is 1. The molecular formula is C28H27ClN4O4. The maximum absolute atomic E-state index is 13.1. The molecule has 0 aliphatic carbocycles. The fraction of sp³-hybridized carbons (Fsp3) is 0.250. The van der Waals surface area contributed by atoms with Crippen molar-refractivity contribution in [2.24, 2.45) is 11.0 Å². The molecule has 4 rings (SSSR count). The Balaban J connectivity index is 1.53. The van der Waals surface area contributed by atoms with Crippen molar-refractivity contribution >= 4 is 40.5 Å². The summed E-state index contributed by atoms with van der Waals surface area (Å²) < 4.78 is 0. The minimum Gasteiger partial charge on any atom is -0.326 e. The fourth-order valence-electron chi connectivity index (χ4n) is 4.63. The highest BCUT2D eigenvalue weighted by atomic mass is 35.5. The number of nitrogens with zero attached hydrogens (tertiary/aromatic N) is 3. The molecule has 1 aliphatic rings. The molecule has 2 atom stereocenters. The number of carbonyl (C=O) groups is 2. The van der Waals surface area contributed by atoms with Crippen molar-refractivity contribution in [2.75, 3.05) is 5.32 Å². The summed E-state index contributed by atoms with van der Waals surface area (Å²) in [6.45, 7) is 5.38. The number of benzene rings is 3. The molecule has 3 aromatic carbocycles. The van der Waals surface area contributed by atoms with E-state index in [-0.39, 0.29) is 29.3 Å². The van der Waals surface area contributed by atoms with Crippen LogP contribution in [0.15, 0.2) is 77.9 Å². The predicted molar refractivity (Wildman–Crippen MR) is 144 cm³/mol. The third-order valence-electron chi connectivity index (χ3n) is 6.39. The largest absolute Gasteiger partial charge is 0.326 e. The van der Waals surface area contributed by atoms with E-state index in [9.17, 15) is 19.7 Å². The zero-order chi connectivity index (χ0) is 26.7. The molecule has 1 N–H and O–H groups in total. The molecule has 2 unspecified atom stereocenters. The van der Waals surface area contributed by atoms with Gasteiger partial charge in [-0.15, -0.1) is 0 Å². The van der Waals surface area contributed by atoms with Crippen molar-refractivity contribution in [3.8, 4) is 0 Å². The second-order valence-corrected chi connectivity index (χ2v) is 9.72. The second-order valence-electron chi connectivity index (χ2n) is 9.29. The van der Waals surface area contributed by atoms with Crippen LogP contribution in [0.5, 0.6) is 0 Å². The molecule has 8 nitrogen and oxygen atoms in total. The Bertz CT molecular complexity index is 1350. The summed E-state index contributed by atoms with van der Waals surface area (Å²) >= 11 is 6.00. The Morgan fingerprint density at radius 1 is 1.05 bits per heavy atom. The van der Waals surface area contributed by atoms with Gasteiger partial charge in [0.05, 0.1) is 28.2 Å². The zero-order valence-electron chi connectivity index (χ0n) is 20.7. The Morgan fingerprint density at radius 2 is 1.70 bits per heavy atom. The van der Waals surface area contributed by atoms with E-state index in [0.29, 0.717) is 28.4 Å². The van der Waals surface area contributed by atoms with Gasteiger partial charge in [0.1, 0.15) is 0 Å². The number of para-hydroxylation sites is 1. The highest BCUT2D eigenvalue weighted by Crippen LogP contribution is 2.37. The summed E-state index contributed by atoms with van der Waals surface area (Å²) in [6, 6.07) is 20.3. The van der Waals surface area contributed by atoms with Crippen LogP contribution in [0.2, 0.25) is 5.02 Å². The van der Waals surface area contributed by atoms with Crippen LogP contribution in [0.4, 0.5) is 11.4 Å². The smallest absolute Gasteiger partial charge is 0.274 e. The normalized spacial score (nSPS) is 15.9. The van der Waals surface area contributed by atoms with Crippen LogP contribution in [0.3, 0.4) is 0 Å². The average molecular weight is 519 g/mol. The highest BCUT2D eigenvalue weighted by molar-refractivity contribution is 6.30. The molecule has 1 aliphatic heterocycles. The van der Waals surface area contributed by atoms with Crippen LogP contribution in [-0.2, 0) is 9.59 Å². The summed E-state index contributed by atoms with van der Waals surface area (Å²) in [5.41, 5.74) is 3.31. The van der Waals surface area contributed by atoms with E-state index in [1.165, 1.54) is 18.0 Å². The van der Waals surface area contributed by atoms with Crippen LogP contribution in [-0.4, -0.2) is 27.5 Å². The van der Waals surface area contributed by atoms with Crippen molar-refractivity contribution in [1.29, 1.82) is 0 Å². The van der Waals surface area contributed by atoms with E-state index in [2.05, 4.69) is 10.4 Å². The minimum absolute atomic E-state index is 0.0475. The Kier molecular flexibility index (Phi) is 7.69. The number of nitro groups is 1. The predicted octanol–water partition coefficient (Wildman–Crippen LogP) is 6.32. The standard InChI is InChI=1S/C28H27ClN4O4/c1-17(2)27(20-8-12-21(29)13-9-20)28(35)30-22-14-10-19(11-15-22)24-16-26(32(31-24)18(3)34)23-6-4-5-7-25(23)33(36)37/h4-15,17,26-27H,16H2,1-3H3,(H,30,35). The molecule has 9 heteroatoms. The number of anilines is 1. The summed E-state index contributed by atoms with van der Waals surface area (Å²) in [4.78, 5) is 36.5.